The number of likely N-dealkylation sites (tertiary alicyclic amines) is 1. The van der Waals surface area contributed by atoms with Crippen LogP contribution in [0.25, 0.3) is 0 Å². The number of thiocarbonyl (C=S) groups is 1. The lowest BCUT2D eigenvalue weighted by Crippen LogP contribution is -2.75. The summed E-state index contributed by atoms with van der Waals surface area (Å²) in [6, 6.07) is 5.54. The Morgan fingerprint density at radius 1 is 1.39 bits per heavy atom. The van der Waals surface area contributed by atoms with Crippen molar-refractivity contribution in [2.45, 2.75) is 44.6 Å². The summed E-state index contributed by atoms with van der Waals surface area (Å²) in [5, 5.41) is 1.86. The molecular formula is C20H23ClN2O6S2. The van der Waals surface area contributed by atoms with E-state index in [0.29, 0.717) is 11.4 Å². The third kappa shape index (κ3) is 6.42. The van der Waals surface area contributed by atoms with E-state index in [1.54, 1.807) is 0 Å². The predicted molar refractivity (Wildman–Crippen MR) is 120 cm³/mol. The van der Waals surface area contributed by atoms with Crippen LogP contribution in [0.3, 0.4) is 0 Å². The number of aryl methyl sites for hydroxylation is 1. The quantitative estimate of drug-likeness (QED) is 0.141. The van der Waals surface area contributed by atoms with E-state index in [2.05, 4.69) is 16.6 Å². The second-order valence-corrected chi connectivity index (χ2v) is 9.45. The Hall–Kier alpha value is -2.14. The minimum Gasteiger partial charge on any atom is -0.597 e. The Labute approximate surface area is 193 Å². The van der Waals surface area contributed by atoms with Gasteiger partial charge in [-0.2, -0.15) is 0 Å². The van der Waals surface area contributed by atoms with Gasteiger partial charge in [-0.1, -0.05) is 48.6 Å². The van der Waals surface area contributed by atoms with E-state index in [1.165, 1.54) is 6.92 Å². The van der Waals surface area contributed by atoms with E-state index < -0.39 is 52.5 Å². The number of benzene rings is 1. The average molecular weight is 487 g/mol. The van der Waals surface area contributed by atoms with Gasteiger partial charge in [-0.25, -0.2) is 4.79 Å². The Balaban J connectivity index is 2.10. The van der Waals surface area contributed by atoms with Gasteiger partial charge in [-0.3, -0.25) is 14.5 Å². The zero-order valence-electron chi connectivity index (χ0n) is 17.3. The molecule has 1 aliphatic heterocycles. The van der Waals surface area contributed by atoms with E-state index in [9.17, 15) is 18.9 Å². The first kappa shape index (κ1) is 25.1. The average Bonchev–Trinajstić information content (AvgIpc) is 2.65. The molecule has 1 aromatic carbocycles. The molecule has 11 heteroatoms. The summed E-state index contributed by atoms with van der Waals surface area (Å²) in [6.07, 6.45) is 0.386. The van der Waals surface area contributed by atoms with Crippen molar-refractivity contribution in [1.82, 2.24) is 10.2 Å². The fourth-order valence-electron chi connectivity index (χ4n) is 3.12. The molecule has 0 aliphatic carbocycles. The van der Waals surface area contributed by atoms with Gasteiger partial charge >= 0.3 is 11.9 Å². The van der Waals surface area contributed by atoms with Crippen LogP contribution in [0.2, 0.25) is 0 Å². The summed E-state index contributed by atoms with van der Waals surface area (Å²) in [5.41, 5.74) is 2.30. The largest absolute Gasteiger partial charge is 0.597 e. The molecule has 168 valence electrons. The molecule has 31 heavy (non-hydrogen) atoms. The Morgan fingerprint density at radius 3 is 2.61 bits per heavy atom. The summed E-state index contributed by atoms with van der Waals surface area (Å²) < 4.78 is 21.7. The molecule has 0 radical (unpaired) electrons. The fourth-order valence-corrected chi connectivity index (χ4v) is 4.79. The molecule has 0 aromatic heterocycles. The molecule has 1 heterocycles. The number of esters is 2. The number of amides is 1. The van der Waals surface area contributed by atoms with Crippen molar-refractivity contribution in [3.8, 4) is 0 Å². The van der Waals surface area contributed by atoms with Gasteiger partial charge in [-0.05, 0) is 25.0 Å². The number of carbonyl (C=O) groups is 3. The first-order valence-electron chi connectivity index (χ1n) is 9.22. The summed E-state index contributed by atoms with van der Waals surface area (Å²) in [5.74, 6) is -2.04. The van der Waals surface area contributed by atoms with Gasteiger partial charge in [0, 0.05) is 13.3 Å². The van der Waals surface area contributed by atoms with Gasteiger partial charge in [0.15, 0.2) is 22.8 Å². The minimum absolute atomic E-state index is 0.272. The van der Waals surface area contributed by atoms with Gasteiger partial charge in [0.25, 0.3) is 5.91 Å². The number of rotatable bonds is 9. The highest BCUT2D eigenvalue weighted by atomic mass is 35.7. The Bertz CT molecular complexity index is 894. The molecule has 4 atom stereocenters. The normalized spacial score (nSPS) is 19.6. The number of hydrogen-bond acceptors (Lipinski definition) is 7. The molecule has 4 unspecified atom stereocenters. The molecule has 0 saturated carbocycles. The van der Waals surface area contributed by atoms with Crippen molar-refractivity contribution in [1.29, 1.82) is 0 Å². The molecule has 2 rings (SSSR count). The zero-order chi connectivity index (χ0) is 23.3. The SMILES string of the molecule is C=C(C)C(C(=O)OCOC(C)=O)N1C(=O)C(NC(=S)Cc2cccc(C)c2)C1[S+]([O-])Cl. The number of β-lactam (4-membered cyclic amide) rings is 1. The topological polar surface area (TPSA) is 108 Å². The maximum Gasteiger partial charge on any atom is 0.336 e. The lowest BCUT2D eigenvalue weighted by Gasteiger charge is -2.47. The molecule has 1 amide bonds. The molecule has 1 fully saturated rings. The lowest BCUT2D eigenvalue weighted by atomic mass is 9.99. The van der Waals surface area contributed by atoms with Crippen molar-refractivity contribution in [2.75, 3.05) is 6.79 Å². The van der Waals surface area contributed by atoms with E-state index in [4.69, 9.17) is 27.6 Å². The maximum atomic E-state index is 12.8. The monoisotopic (exact) mass is 486 g/mol. The van der Waals surface area contributed by atoms with Crippen LogP contribution < -0.4 is 5.32 Å². The summed E-state index contributed by atoms with van der Waals surface area (Å²) in [7, 11) is 3.83. The molecule has 1 saturated heterocycles. The van der Waals surface area contributed by atoms with Crippen LogP contribution in [0.1, 0.15) is 25.0 Å². The molecule has 1 aromatic rings. The number of halogens is 1. The van der Waals surface area contributed by atoms with Gasteiger partial charge in [0.1, 0.15) is 0 Å². The van der Waals surface area contributed by atoms with Crippen LogP contribution in [-0.4, -0.2) is 56.5 Å². The molecule has 1 N–H and O–H groups in total. The minimum atomic E-state index is -2.02. The predicted octanol–water partition coefficient (Wildman–Crippen LogP) is 1.90. The van der Waals surface area contributed by atoms with E-state index in [-0.39, 0.29) is 5.57 Å². The summed E-state index contributed by atoms with van der Waals surface area (Å²) >= 11 is 5.36. The highest BCUT2D eigenvalue weighted by Crippen LogP contribution is 2.32. The summed E-state index contributed by atoms with van der Waals surface area (Å²) in [6.45, 7) is 7.73. The van der Waals surface area contributed by atoms with Crippen molar-refractivity contribution in [3.05, 3.63) is 47.5 Å². The van der Waals surface area contributed by atoms with E-state index in [1.807, 2.05) is 31.2 Å². The highest BCUT2D eigenvalue weighted by molar-refractivity contribution is 8.14. The second-order valence-electron chi connectivity index (χ2n) is 7.06. The third-order valence-electron chi connectivity index (χ3n) is 4.46. The third-order valence-corrected chi connectivity index (χ3v) is 6.15. The van der Waals surface area contributed by atoms with Crippen LogP contribution in [0, 0.1) is 6.92 Å². The zero-order valence-corrected chi connectivity index (χ0v) is 19.6. The second kappa shape index (κ2) is 10.9. The summed E-state index contributed by atoms with van der Waals surface area (Å²) in [4.78, 5) is 37.6. The van der Waals surface area contributed by atoms with Gasteiger partial charge in [0.05, 0.1) is 15.4 Å². The standard InChI is InChI=1S/C20H23ClN2O6S2/c1-11(2)17(20(26)29-10-28-13(4)24)23-18(25)16(19(23)31(21)27)22-15(30)9-14-7-5-6-12(3)8-14/h5-8,16-17,19H,1,9-10H2,2-4H3,(H,22,30). The number of nitrogens with zero attached hydrogens (tertiary/aromatic N) is 1. The molecule has 8 nitrogen and oxygen atoms in total. The van der Waals surface area contributed by atoms with Crippen molar-refractivity contribution >= 4 is 56.1 Å². The smallest absolute Gasteiger partial charge is 0.336 e. The van der Waals surface area contributed by atoms with E-state index >= 15 is 0 Å². The lowest BCUT2D eigenvalue weighted by molar-refractivity contribution is -0.174. The Morgan fingerprint density at radius 2 is 2.06 bits per heavy atom. The van der Waals surface area contributed by atoms with Crippen LogP contribution in [0.5, 0.6) is 0 Å². The van der Waals surface area contributed by atoms with Gasteiger partial charge in [-0.15, -0.1) is 0 Å². The maximum absolute atomic E-state index is 12.8. The Kier molecular flexibility index (Phi) is 8.87. The van der Waals surface area contributed by atoms with Crippen LogP contribution in [-0.2, 0) is 40.7 Å². The fraction of sp³-hybridized carbons (Fsp3) is 0.400. The van der Waals surface area contributed by atoms with Gasteiger partial charge < -0.3 is 19.3 Å². The van der Waals surface area contributed by atoms with Crippen LogP contribution in [0.15, 0.2) is 36.4 Å². The van der Waals surface area contributed by atoms with Crippen LogP contribution >= 0.6 is 22.9 Å². The molecule has 0 bridgehead atoms. The van der Waals surface area contributed by atoms with E-state index in [0.717, 1.165) is 23.0 Å². The van der Waals surface area contributed by atoms with Crippen molar-refractivity contribution < 1.29 is 28.4 Å². The van der Waals surface area contributed by atoms with Crippen LogP contribution in [0.4, 0.5) is 0 Å². The van der Waals surface area contributed by atoms with Gasteiger partial charge in [0.2, 0.25) is 12.2 Å². The first-order valence-corrected chi connectivity index (χ1v) is 11.7. The number of ether oxygens (including phenoxy) is 2. The number of hydrogen-bond donors (Lipinski definition) is 1. The first-order chi connectivity index (χ1) is 14.5. The highest BCUT2D eigenvalue weighted by Gasteiger charge is 2.59. The number of nitrogens with one attached hydrogen (secondary N) is 1. The molecular weight excluding hydrogens is 464 g/mol. The molecule has 1 aliphatic rings. The van der Waals surface area contributed by atoms with Crippen molar-refractivity contribution in [3.63, 3.8) is 0 Å². The number of carbonyl (C=O) groups excluding carboxylic acids is 3. The molecule has 0 spiro atoms. The van der Waals surface area contributed by atoms with Crippen molar-refractivity contribution in [2.24, 2.45) is 0 Å².